The largest absolute Gasteiger partial charge is 0.439 e. The molecule has 0 unspecified atom stereocenters. The second-order valence-corrected chi connectivity index (χ2v) is 3.28. The van der Waals surface area contributed by atoms with Gasteiger partial charge in [0.2, 0.25) is 5.88 Å². The highest BCUT2D eigenvalue weighted by Crippen LogP contribution is 2.18. The summed E-state index contributed by atoms with van der Waals surface area (Å²) in [4.78, 5) is 4.23. The van der Waals surface area contributed by atoms with Gasteiger partial charge < -0.3 is 4.74 Å². The minimum atomic E-state index is 0.395. The van der Waals surface area contributed by atoms with Crippen LogP contribution in [0.25, 0.3) is 0 Å². The minimum absolute atomic E-state index is 0.395. The molecule has 0 spiro atoms. The molecular formula is C12H10ClNO. The van der Waals surface area contributed by atoms with Crippen LogP contribution in [0, 0.1) is 0 Å². The van der Waals surface area contributed by atoms with Crippen LogP contribution in [0.15, 0.2) is 48.5 Å². The molecular weight excluding hydrogens is 210 g/mol. The van der Waals surface area contributed by atoms with Crippen molar-refractivity contribution in [3.8, 4) is 11.6 Å². The molecule has 76 valence electrons. The maximum atomic E-state index is 5.68. The van der Waals surface area contributed by atoms with Crippen LogP contribution in [-0.2, 0) is 5.88 Å². The first-order valence-electron chi connectivity index (χ1n) is 4.63. The molecule has 2 aromatic rings. The fraction of sp³-hybridized carbons (Fsp3) is 0.0833. The molecule has 0 aliphatic carbocycles. The zero-order valence-electron chi connectivity index (χ0n) is 8.06. The molecule has 2 rings (SSSR count). The van der Waals surface area contributed by atoms with Gasteiger partial charge >= 0.3 is 0 Å². The third-order valence-electron chi connectivity index (χ3n) is 1.88. The van der Waals surface area contributed by atoms with Crippen molar-refractivity contribution in [2.75, 3.05) is 0 Å². The highest BCUT2D eigenvalue weighted by molar-refractivity contribution is 6.16. The number of para-hydroxylation sites is 1. The number of aromatic nitrogens is 1. The quantitative estimate of drug-likeness (QED) is 0.736. The predicted molar refractivity (Wildman–Crippen MR) is 60.3 cm³/mol. The Morgan fingerprint density at radius 3 is 2.53 bits per heavy atom. The number of rotatable bonds is 3. The Labute approximate surface area is 93.5 Å². The maximum absolute atomic E-state index is 5.68. The normalized spacial score (nSPS) is 9.93. The summed E-state index contributed by atoms with van der Waals surface area (Å²) in [5, 5.41) is 0. The smallest absolute Gasteiger partial charge is 0.219 e. The summed E-state index contributed by atoms with van der Waals surface area (Å²) in [7, 11) is 0. The lowest BCUT2D eigenvalue weighted by molar-refractivity contribution is 0.461. The summed E-state index contributed by atoms with van der Waals surface area (Å²) in [6.07, 6.45) is 0. The van der Waals surface area contributed by atoms with Crippen LogP contribution in [0.4, 0.5) is 0 Å². The van der Waals surface area contributed by atoms with Crippen molar-refractivity contribution in [2.45, 2.75) is 5.88 Å². The van der Waals surface area contributed by atoms with Crippen molar-refractivity contribution in [3.05, 3.63) is 54.2 Å². The van der Waals surface area contributed by atoms with Gasteiger partial charge in [0.15, 0.2) is 0 Å². The van der Waals surface area contributed by atoms with Crippen molar-refractivity contribution in [3.63, 3.8) is 0 Å². The lowest BCUT2D eigenvalue weighted by Crippen LogP contribution is -1.90. The molecule has 0 N–H and O–H groups in total. The molecule has 0 radical (unpaired) electrons. The molecule has 1 aromatic heterocycles. The van der Waals surface area contributed by atoms with Crippen molar-refractivity contribution in [1.82, 2.24) is 4.98 Å². The summed E-state index contributed by atoms with van der Waals surface area (Å²) in [5.74, 6) is 1.74. The second kappa shape index (κ2) is 4.80. The number of hydrogen-bond acceptors (Lipinski definition) is 2. The fourth-order valence-electron chi connectivity index (χ4n) is 1.20. The standard InChI is InChI=1S/C12H10ClNO/c13-9-10-5-4-8-12(14-10)15-11-6-2-1-3-7-11/h1-8H,9H2. The van der Waals surface area contributed by atoms with Crippen LogP contribution in [0.3, 0.4) is 0 Å². The average Bonchev–Trinajstić information content (AvgIpc) is 2.31. The summed E-state index contributed by atoms with van der Waals surface area (Å²) in [6.45, 7) is 0. The van der Waals surface area contributed by atoms with E-state index in [9.17, 15) is 0 Å². The van der Waals surface area contributed by atoms with E-state index in [4.69, 9.17) is 16.3 Å². The van der Waals surface area contributed by atoms with Crippen LogP contribution in [-0.4, -0.2) is 4.98 Å². The molecule has 0 fully saturated rings. The van der Waals surface area contributed by atoms with E-state index in [-0.39, 0.29) is 0 Å². The van der Waals surface area contributed by atoms with Gasteiger partial charge in [-0.3, -0.25) is 0 Å². The molecule has 0 saturated heterocycles. The molecule has 1 heterocycles. The fourth-order valence-corrected chi connectivity index (χ4v) is 1.35. The SMILES string of the molecule is ClCc1cccc(Oc2ccccc2)n1. The lowest BCUT2D eigenvalue weighted by Gasteiger charge is -2.04. The molecule has 0 aliphatic rings. The van der Waals surface area contributed by atoms with Gasteiger partial charge in [0, 0.05) is 6.07 Å². The van der Waals surface area contributed by atoms with Crippen molar-refractivity contribution < 1.29 is 4.74 Å². The summed E-state index contributed by atoms with van der Waals surface area (Å²) >= 11 is 5.68. The first kappa shape index (κ1) is 9.99. The lowest BCUT2D eigenvalue weighted by atomic mass is 10.3. The molecule has 0 saturated carbocycles. The van der Waals surface area contributed by atoms with Gasteiger partial charge in [-0.2, -0.15) is 0 Å². The molecule has 0 amide bonds. The van der Waals surface area contributed by atoms with E-state index in [2.05, 4.69) is 4.98 Å². The van der Waals surface area contributed by atoms with Crippen LogP contribution in [0.1, 0.15) is 5.69 Å². The van der Waals surface area contributed by atoms with Gasteiger partial charge in [0.05, 0.1) is 11.6 Å². The van der Waals surface area contributed by atoms with Gasteiger partial charge in [-0.1, -0.05) is 24.3 Å². The monoisotopic (exact) mass is 219 g/mol. The summed E-state index contributed by atoms with van der Waals surface area (Å²) in [6, 6.07) is 15.1. The Kier molecular flexibility index (Phi) is 3.20. The van der Waals surface area contributed by atoms with Crippen molar-refractivity contribution in [2.24, 2.45) is 0 Å². The van der Waals surface area contributed by atoms with Crippen molar-refractivity contribution >= 4 is 11.6 Å². The van der Waals surface area contributed by atoms with Gasteiger partial charge in [-0.05, 0) is 18.2 Å². The Morgan fingerprint density at radius 1 is 1.00 bits per heavy atom. The highest BCUT2D eigenvalue weighted by atomic mass is 35.5. The van der Waals surface area contributed by atoms with Gasteiger partial charge in [0.1, 0.15) is 5.75 Å². The molecule has 3 heteroatoms. The van der Waals surface area contributed by atoms with Crippen LogP contribution < -0.4 is 4.74 Å². The molecule has 0 bridgehead atoms. The number of hydrogen-bond donors (Lipinski definition) is 0. The minimum Gasteiger partial charge on any atom is -0.439 e. The number of halogens is 1. The van der Waals surface area contributed by atoms with Crippen LogP contribution in [0.2, 0.25) is 0 Å². The number of nitrogens with zero attached hydrogens (tertiary/aromatic N) is 1. The summed E-state index contributed by atoms with van der Waals surface area (Å²) in [5.41, 5.74) is 0.810. The molecule has 0 aliphatic heterocycles. The van der Waals surface area contributed by atoms with E-state index in [1.165, 1.54) is 0 Å². The van der Waals surface area contributed by atoms with Crippen LogP contribution in [0.5, 0.6) is 11.6 Å². The van der Waals surface area contributed by atoms with Gasteiger partial charge in [-0.15, -0.1) is 11.6 Å². The van der Waals surface area contributed by atoms with Crippen LogP contribution >= 0.6 is 11.6 Å². The van der Waals surface area contributed by atoms with E-state index >= 15 is 0 Å². The topological polar surface area (TPSA) is 22.1 Å². The number of alkyl halides is 1. The van der Waals surface area contributed by atoms with E-state index in [1.807, 2.05) is 48.5 Å². The van der Waals surface area contributed by atoms with Crippen molar-refractivity contribution in [1.29, 1.82) is 0 Å². The van der Waals surface area contributed by atoms with Gasteiger partial charge in [0.25, 0.3) is 0 Å². The zero-order valence-corrected chi connectivity index (χ0v) is 8.82. The van der Waals surface area contributed by atoms with E-state index in [1.54, 1.807) is 0 Å². The molecule has 1 aromatic carbocycles. The van der Waals surface area contributed by atoms with E-state index in [0.29, 0.717) is 11.8 Å². The van der Waals surface area contributed by atoms with Gasteiger partial charge in [-0.25, -0.2) is 4.98 Å². The Hall–Kier alpha value is -1.54. The zero-order chi connectivity index (χ0) is 10.5. The Balaban J connectivity index is 2.17. The molecule has 15 heavy (non-hydrogen) atoms. The maximum Gasteiger partial charge on any atom is 0.219 e. The number of ether oxygens (including phenoxy) is 1. The first-order chi connectivity index (χ1) is 7.38. The van der Waals surface area contributed by atoms with E-state index in [0.717, 1.165) is 11.4 Å². The average molecular weight is 220 g/mol. The van der Waals surface area contributed by atoms with E-state index < -0.39 is 0 Å². The highest BCUT2D eigenvalue weighted by Gasteiger charge is 1.98. The third-order valence-corrected chi connectivity index (χ3v) is 2.16. The first-order valence-corrected chi connectivity index (χ1v) is 5.17. The third kappa shape index (κ3) is 2.70. The number of benzene rings is 1. The predicted octanol–water partition coefficient (Wildman–Crippen LogP) is 3.61. The molecule has 0 atom stereocenters. The summed E-state index contributed by atoms with van der Waals surface area (Å²) < 4.78 is 5.55. The molecule has 2 nitrogen and oxygen atoms in total. The number of pyridine rings is 1. The second-order valence-electron chi connectivity index (χ2n) is 3.02. The Bertz CT molecular complexity index is 431. The Morgan fingerprint density at radius 2 is 1.80 bits per heavy atom.